The molecule has 1 aliphatic heterocycles. The Morgan fingerprint density at radius 3 is 3.00 bits per heavy atom. The van der Waals surface area contributed by atoms with Crippen molar-refractivity contribution in [3.05, 3.63) is 30.1 Å². The Balaban J connectivity index is 1.84. The molecule has 2 aromatic heterocycles. The van der Waals surface area contributed by atoms with Crippen molar-refractivity contribution in [1.29, 1.82) is 0 Å². The summed E-state index contributed by atoms with van der Waals surface area (Å²) >= 11 is 0. The van der Waals surface area contributed by atoms with Crippen LogP contribution in [0.4, 0.5) is 0 Å². The lowest BCUT2D eigenvalue weighted by atomic mass is 10.1. The first kappa shape index (κ1) is 13.4. The first-order valence-electron chi connectivity index (χ1n) is 7.46. The third-order valence-electron chi connectivity index (χ3n) is 4.24. The van der Waals surface area contributed by atoms with Crippen LogP contribution in [0.25, 0.3) is 5.65 Å². The van der Waals surface area contributed by atoms with Crippen LogP contribution in [0, 0.1) is 0 Å². The van der Waals surface area contributed by atoms with Gasteiger partial charge in [0, 0.05) is 24.7 Å². The molecule has 3 heterocycles. The fourth-order valence-electron chi connectivity index (χ4n) is 3.30. The average Bonchev–Trinajstić information content (AvgIpc) is 3.04. The number of imidazole rings is 1. The summed E-state index contributed by atoms with van der Waals surface area (Å²) < 4.78 is 7.41. The monoisotopic (exact) mass is 273 g/mol. The van der Waals surface area contributed by atoms with Crippen LogP contribution < -0.4 is 4.74 Å². The highest BCUT2D eigenvalue weighted by Crippen LogP contribution is 2.24. The van der Waals surface area contributed by atoms with E-state index < -0.39 is 0 Å². The van der Waals surface area contributed by atoms with Gasteiger partial charge in [-0.3, -0.25) is 9.30 Å². The summed E-state index contributed by atoms with van der Waals surface area (Å²) in [6.07, 6.45) is 5.73. The summed E-state index contributed by atoms with van der Waals surface area (Å²) in [4.78, 5) is 7.33. The molecular weight excluding hydrogens is 250 g/mol. The van der Waals surface area contributed by atoms with E-state index in [0.29, 0.717) is 12.1 Å². The highest BCUT2D eigenvalue weighted by Gasteiger charge is 2.27. The van der Waals surface area contributed by atoms with Crippen LogP contribution >= 0.6 is 0 Å². The van der Waals surface area contributed by atoms with Crippen molar-refractivity contribution in [1.82, 2.24) is 14.3 Å². The minimum Gasteiger partial charge on any atom is -0.482 e. The predicted octanol–water partition coefficient (Wildman–Crippen LogP) is 2.76. The van der Waals surface area contributed by atoms with Gasteiger partial charge in [-0.2, -0.15) is 0 Å². The van der Waals surface area contributed by atoms with E-state index >= 15 is 0 Å². The number of likely N-dealkylation sites (tertiary alicyclic amines) is 1. The molecule has 1 unspecified atom stereocenters. The third kappa shape index (κ3) is 2.40. The molecule has 1 saturated heterocycles. The van der Waals surface area contributed by atoms with Crippen molar-refractivity contribution in [3.63, 3.8) is 0 Å². The fourth-order valence-corrected chi connectivity index (χ4v) is 3.30. The minimum atomic E-state index is 0.620. The van der Waals surface area contributed by atoms with Crippen LogP contribution in [0.5, 0.6) is 5.88 Å². The van der Waals surface area contributed by atoms with E-state index in [2.05, 4.69) is 24.9 Å². The second-order valence-corrected chi connectivity index (χ2v) is 5.86. The smallest absolute Gasteiger partial charge is 0.198 e. The topological polar surface area (TPSA) is 29.8 Å². The van der Waals surface area contributed by atoms with Gasteiger partial charge in [-0.25, -0.2) is 4.98 Å². The van der Waals surface area contributed by atoms with E-state index in [1.807, 2.05) is 22.6 Å². The molecule has 4 heteroatoms. The lowest BCUT2D eigenvalue weighted by molar-refractivity contribution is 0.202. The SMILES string of the molecule is COc1cccc2nc(CC3CCCN3C(C)C)cn12. The highest BCUT2D eigenvalue weighted by molar-refractivity contribution is 5.43. The Morgan fingerprint density at radius 2 is 2.25 bits per heavy atom. The van der Waals surface area contributed by atoms with E-state index in [-0.39, 0.29) is 0 Å². The predicted molar refractivity (Wildman–Crippen MR) is 80.3 cm³/mol. The molecule has 1 aliphatic rings. The number of rotatable bonds is 4. The molecule has 0 bridgehead atoms. The summed E-state index contributed by atoms with van der Waals surface area (Å²) in [5.74, 6) is 0.841. The van der Waals surface area contributed by atoms with Gasteiger partial charge in [0.05, 0.1) is 12.8 Å². The number of nitrogens with zero attached hydrogens (tertiary/aromatic N) is 3. The van der Waals surface area contributed by atoms with Crippen LogP contribution in [0.3, 0.4) is 0 Å². The van der Waals surface area contributed by atoms with Crippen molar-refractivity contribution in [3.8, 4) is 5.88 Å². The molecule has 2 aromatic rings. The molecule has 0 N–H and O–H groups in total. The zero-order valence-electron chi connectivity index (χ0n) is 12.5. The number of aromatic nitrogens is 2. The van der Waals surface area contributed by atoms with Crippen LogP contribution in [0.15, 0.2) is 24.4 Å². The largest absolute Gasteiger partial charge is 0.482 e. The van der Waals surface area contributed by atoms with Gasteiger partial charge < -0.3 is 4.74 Å². The van der Waals surface area contributed by atoms with Crippen molar-refractivity contribution in [2.75, 3.05) is 13.7 Å². The van der Waals surface area contributed by atoms with Crippen LogP contribution in [-0.2, 0) is 6.42 Å². The van der Waals surface area contributed by atoms with Crippen molar-refractivity contribution in [2.24, 2.45) is 0 Å². The van der Waals surface area contributed by atoms with Gasteiger partial charge in [0.15, 0.2) is 5.88 Å². The molecule has 108 valence electrons. The fraction of sp³-hybridized carbons (Fsp3) is 0.562. The van der Waals surface area contributed by atoms with E-state index in [1.54, 1.807) is 7.11 Å². The van der Waals surface area contributed by atoms with E-state index in [9.17, 15) is 0 Å². The molecule has 20 heavy (non-hydrogen) atoms. The van der Waals surface area contributed by atoms with E-state index in [4.69, 9.17) is 9.72 Å². The summed E-state index contributed by atoms with van der Waals surface area (Å²) in [6, 6.07) is 7.23. The number of hydrogen-bond acceptors (Lipinski definition) is 3. The molecule has 0 amide bonds. The van der Waals surface area contributed by atoms with Crippen molar-refractivity contribution >= 4 is 5.65 Å². The zero-order chi connectivity index (χ0) is 14.1. The van der Waals surface area contributed by atoms with E-state index in [1.165, 1.54) is 19.4 Å². The molecule has 0 spiro atoms. The second-order valence-electron chi connectivity index (χ2n) is 5.86. The zero-order valence-corrected chi connectivity index (χ0v) is 12.5. The third-order valence-corrected chi connectivity index (χ3v) is 4.24. The highest BCUT2D eigenvalue weighted by atomic mass is 16.5. The molecule has 0 saturated carbocycles. The lowest BCUT2D eigenvalue weighted by Gasteiger charge is -2.27. The van der Waals surface area contributed by atoms with Gasteiger partial charge in [0.2, 0.25) is 0 Å². The summed E-state index contributed by atoms with van der Waals surface area (Å²) in [5.41, 5.74) is 2.13. The number of pyridine rings is 1. The quantitative estimate of drug-likeness (QED) is 0.858. The van der Waals surface area contributed by atoms with Gasteiger partial charge >= 0.3 is 0 Å². The molecule has 1 fully saturated rings. The number of fused-ring (bicyclic) bond motifs is 1. The van der Waals surface area contributed by atoms with Crippen LogP contribution in [0.2, 0.25) is 0 Å². The molecule has 0 aromatic carbocycles. The van der Waals surface area contributed by atoms with Gasteiger partial charge in [-0.1, -0.05) is 6.07 Å². The lowest BCUT2D eigenvalue weighted by Crippen LogP contribution is -2.36. The first-order chi connectivity index (χ1) is 9.69. The molecule has 1 atom stereocenters. The molecule has 0 aliphatic carbocycles. The maximum atomic E-state index is 5.38. The van der Waals surface area contributed by atoms with Gasteiger partial charge in [-0.15, -0.1) is 0 Å². The Labute approximate surface area is 120 Å². The Hall–Kier alpha value is -1.55. The number of ether oxygens (including phenoxy) is 1. The van der Waals surface area contributed by atoms with E-state index in [0.717, 1.165) is 23.6 Å². The second kappa shape index (κ2) is 5.44. The Morgan fingerprint density at radius 1 is 1.40 bits per heavy atom. The van der Waals surface area contributed by atoms with Gasteiger partial charge in [0.1, 0.15) is 5.65 Å². The first-order valence-corrected chi connectivity index (χ1v) is 7.46. The average molecular weight is 273 g/mol. The summed E-state index contributed by atoms with van der Waals surface area (Å²) in [6.45, 7) is 5.79. The Bertz CT molecular complexity index is 590. The van der Waals surface area contributed by atoms with Crippen LogP contribution in [-0.4, -0.2) is 40.0 Å². The van der Waals surface area contributed by atoms with Crippen molar-refractivity contribution in [2.45, 2.75) is 45.2 Å². The van der Waals surface area contributed by atoms with Gasteiger partial charge in [-0.05, 0) is 45.4 Å². The molecule has 0 radical (unpaired) electrons. The molecule has 4 nitrogen and oxygen atoms in total. The Kier molecular flexibility index (Phi) is 3.66. The summed E-state index contributed by atoms with van der Waals surface area (Å²) in [5, 5.41) is 0. The van der Waals surface area contributed by atoms with Crippen molar-refractivity contribution < 1.29 is 4.74 Å². The minimum absolute atomic E-state index is 0.620. The maximum absolute atomic E-state index is 5.38. The number of hydrogen-bond donors (Lipinski definition) is 0. The van der Waals surface area contributed by atoms with Crippen LogP contribution in [0.1, 0.15) is 32.4 Å². The maximum Gasteiger partial charge on any atom is 0.198 e. The normalized spacial score (nSPS) is 20.1. The summed E-state index contributed by atoms with van der Waals surface area (Å²) in [7, 11) is 1.70. The van der Waals surface area contributed by atoms with Gasteiger partial charge in [0.25, 0.3) is 0 Å². The standard InChI is InChI=1S/C16H23N3O/c1-12(2)18-9-5-6-14(18)10-13-11-19-15(17-13)7-4-8-16(19)20-3/h4,7-8,11-12,14H,5-6,9-10H2,1-3H3. The molecule has 3 rings (SSSR count). The molecular formula is C16H23N3O. The number of methoxy groups -OCH3 is 1.